The van der Waals surface area contributed by atoms with Gasteiger partial charge in [0.05, 0.1) is 24.9 Å². The standard InChI is InChI=1S/C20H25N5O3/c26-19(22-14-2-1-3-14)12-5-7-17-16(10-12)25(8-9-28-17)20(27)15-6-4-13-11-21-24-18(13)23-15/h4,6,11-12,14,16-17H,1-3,5,7-10H2,(H,22,26)(H,21,23,24)/t12-,16+,17+/m0/s1. The van der Waals surface area contributed by atoms with Gasteiger partial charge in [0.25, 0.3) is 5.91 Å². The Bertz CT molecular complexity index is 893. The van der Waals surface area contributed by atoms with E-state index in [0.717, 1.165) is 31.1 Å². The first-order valence-electron chi connectivity index (χ1n) is 10.2. The Kier molecular flexibility index (Phi) is 4.50. The van der Waals surface area contributed by atoms with Gasteiger partial charge in [-0.2, -0.15) is 5.10 Å². The van der Waals surface area contributed by atoms with Crippen LogP contribution in [-0.4, -0.2) is 63.2 Å². The Labute approximate surface area is 163 Å². The fourth-order valence-corrected chi connectivity index (χ4v) is 4.56. The molecule has 1 aliphatic heterocycles. The van der Waals surface area contributed by atoms with Gasteiger partial charge in [0.15, 0.2) is 5.65 Å². The smallest absolute Gasteiger partial charge is 0.272 e. The highest BCUT2D eigenvalue weighted by Crippen LogP contribution is 2.33. The zero-order valence-corrected chi connectivity index (χ0v) is 15.8. The molecule has 0 spiro atoms. The Balaban J connectivity index is 1.33. The minimum atomic E-state index is -0.102. The number of carbonyl (C=O) groups excluding carboxylic acids is 2. The number of amides is 2. The number of pyridine rings is 1. The summed E-state index contributed by atoms with van der Waals surface area (Å²) in [5.41, 5.74) is 1.01. The first-order chi connectivity index (χ1) is 13.7. The summed E-state index contributed by atoms with van der Waals surface area (Å²) >= 11 is 0. The second-order valence-electron chi connectivity index (χ2n) is 8.13. The van der Waals surface area contributed by atoms with Crippen molar-refractivity contribution < 1.29 is 14.3 Å². The van der Waals surface area contributed by atoms with Crippen LogP contribution < -0.4 is 5.32 Å². The lowest BCUT2D eigenvalue weighted by Crippen LogP contribution is -2.57. The number of rotatable bonds is 3. The lowest BCUT2D eigenvalue weighted by Gasteiger charge is -2.45. The highest BCUT2D eigenvalue weighted by atomic mass is 16.5. The van der Waals surface area contributed by atoms with Gasteiger partial charge in [-0.1, -0.05) is 0 Å². The van der Waals surface area contributed by atoms with Gasteiger partial charge in [-0.3, -0.25) is 14.7 Å². The van der Waals surface area contributed by atoms with Gasteiger partial charge in [-0.05, 0) is 50.7 Å². The fourth-order valence-electron chi connectivity index (χ4n) is 4.56. The maximum Gasteiger partial charge on any atom is 0.272 e. The molecule has 0 aromatic carbocycles. The molecule has 2 aromatic rings. The Morgan fingerprint density at radius 2 is 2.11 bits per heavy atom. The number of fused-ring (bicyclic) bond motifs is 2. The molecule has 0 radical (unpaired) electrons. The number of ether oxygens (including phenoxy) is 1. The molecule has 2 aliphatic carbocycles. The molecule has 2 amide bonds. The zero-order chi connectivity index (χ0) is 19.1. The summed E-state index contributed by atoms with van der Waals surface area (Å²) in [5.74, 6) is -0.0186. The fraction of sp³-hybridized carbons (Fsp3) is 0.600. The summed E-state index contributed by atoms with van der Waals surface area (Å²) in [6.07, 6.45) is 7.34. The van der Waals surface area contributed by atoms with E-state index in [4.69, 9.17) is 4.74 Å². The van der Waals surface area contributed by atoms with Gasteiger partial charge in [0, 0.05) is 23.9 Å². The molecule has 2 N–H and O–H groups in total. The van der Waals surface area contributed by atoms with Crippen LogP contribution in [0.4, 0.5) is 0 Å². The average Bonchev–Trinajstić information content (AvgIpc) is 3.17. The number of morpholine rings is 1. The van der Waals surface area contributed by atoms with E-state index in [2.05, 4.69) is 20.5 Å². The Morgan fingerprint density at radius 1 is 1.21 bits per heavy atom. The summed E-state index contributed by atoms with van der Waals surface area (Å²) < 4.78 is 5.94. The van der Waals surface area contributed by atoms with Gasteiger partial charge in [-0.15, -0.1) is 0 Å². The van der Waals surface area contributed by atoms with Gasteiger partial charge in [-0.25, -0.2) is 4.98 Å². The van der Waals surface area contributed by atoms with Crippen LogP contribution >= 0.6 is 0 Å². The molecule has 1 saturated heterocycles. The topological polar surface area (TPSA) is 100 Å². The summed E-state index contributed by atoms with van der Waals surface area (Å²) in [7, 11) is 0. The summed E-state index contributed by atoms with van der Waals surface area (Å²) in [4.78, 5) is 32.2. The summed E-state index contributed by atoms with van der Waals surface area (Å²) in [6, 6.07) is 3.86. The molecule has 0 bridgehead atoms. The number of aromatic amines is 1. The second kappa shape index (κ2) is 7.16. The minimum Gasteiger partial charge on any atom is -0.374 e. The number of aromatic nitrogens is 3. The van der Waals surface area contributed by atoms with E-state index in [0.29, 0.717) is 37.0 Å². The van der Waals surface area contributed by atoms with Crippen LogP contribution in [0.1, 0.15) is 49.0 Å². The van der Waals surface area contributed by atoms with Crippen LogP contribution in [0.3, 0.4) is 0 Å². The quantitative estimate of drug-likeness (QED) is 0.839. The zero-order valence-electron chi connectivity index (χ0n) is 15.8. The first kappa shape index (κ1) is 17.6. The van der Waals surface area contributed by atoms with Crippen LogP contribution in [0.5, 0.6) is 0 Å². The molecular formula is C20H25N5O3. The third-order valence-corrected chi connectivity index (χ3v) is 6.42. The molecule has 0 unspecified atom stereocenters. The van der Waals surface area contributed by atoms with Crippen molar-refractivity contribution in [1.29, 1.82) is 0 Å². The van der Waals surface area contributed by atoms with Crippen molar-refractivity contribution in [2.75, 3.05) is 13.2 Å². The van der Waals surface area contributed by atoms with E-state index in [9.17, 15) is 9.59 Å². The van der Waals surface area contributed by atoms with Crippen molar-refractivity contribution in [3.05, 3.63) is 24.0 Å². The molecule has 8 nitrogen and oxygen atoms in total. The number of H-pyrrole nitrogens is 1. The third kappa shape index (κ3) is 3.15. The van der Waals surface area contributed by atoms with Crippen molar-refractivity contribution in [2.45, 2.75) is 56.7 Å². The predicted molar refractivity (Wildman–Crippen MR) is 102 cm³/mol. The molecule has 5 rings (SSSR count). The minimum absolute atomic E-state index is 0.00124. The largest absolute Gasteiger partial charge is 0.374 e. The van der Waals surface area contributed by atoms with Gasteiger partial charge >= 0.3 is 0 Å². The number of carbonyl (C=O) groups is 2. The number of hydrogen-bond donors (Lipinski definition) is 2. The van der Waals surface area contributed by atoms with E-state index in [1.54, 1.807) is 12.3 Å². The van der Waals surface area contributed by atoms with Crippen LogP contribution in [0, 0.1) is 5.92 Å². The van der Waals surface area contributed by atoms with Gasteiger partial charge < -0.3 is 15.0 Å². The van der Waals surface area contributed by atoms with E-state index in [1.165, 1.54) is 6.42 Å². The SMILES string of the molecule is O=C(NC1CCC1)[C@H]1CC[C@H]2OCCN(C(=O)c3ccc4cn[nH]c4n3)[C@@H]2C1. The molecule has 148 valence electrons. The molecular weight excluding hydrogens is 358 g/mol. The van der Waals surface area contributed by atoms with Crippen LogP contribution in [0.2, 0.25) is 0 Å². The van der Waals surface area contributed by atoms with Crippen molar-refractivity contribution in [2.24, 2.45) is 5.92 Å². The first-order valence-corrected chi connectivity index (χ1v) is 10.2. The van der Waals surface area contributed by atoms with Crippen molar-refractivity contribution >= 4 is 22.8 Å². The van der Waals surface area contributed by atoms with Crippen molar-refractivity contribution in [1.82, 2.24) is 25.4 Å². The molecule has 3 heterocycles. The molecule has 3 atom stereocenters. The monoisotopic (exact) mass is 383 g/mol. The Hall–Kier alpha value is -2.48. The van der Waals surface area contributed by atoms with E-state index >= 15 is 0 Å². The lowest BCUT2D eigenvalue weighted by atomic mass is 9.81. The Morgan fingerprint density at radius 3 is 2.93 bits per heavy atom. The number of hydrogen-bond acceptors (Lipinski definition) is 5. The molecule has 8 heteroatoms. The van der Waals surface area contributed by atoms with E-state index in [1.807, 2.05) is 11.0 Å². The summed E-state index contributed by atoms with van der Waals surface area (Å²) in [6.45, 7) is 1.05. The van der Waals surface area contributed by atoms with E-state index < -0.39 is 0 Å². The number of nitrogens with zero attached hydrogens (tertiary/aromatic N) is 3. The van der Waals surface area contributed by atoms with Crippen LogP contribution in [-0.2, 0) is 9.53 Å². The van der Waals surface area contributed by atoms with Gasteiger partial charge in [0.2, 0.25) is 5.91 Å². The molecule has 2 saturated carbocycles. The van der Waals surface area contributed by atoms with Gasteiger partial charge in [0.1, 0.15) is 5.69 Å². The summed E-state index contributed by atoms with van der Waals surface area (Å²) in [5, 5.41) is 10.8. The highest BCUT2D eigenvalue weighted by Gasteiger charge is 2.42. The molecule has 28 heavy (non-hydrogen) atoms. The van der Waals surface area contributed by atoms with Crippen LogP contribution in [0.25, 0.3) is 11.0 Å². The lowest BCUT2D eigenvalue weighted by molar-refractivity contribution is -0.132. The maximum atomic E-state index is 13.2. The second-order valence-corrected chi connectivity index (χ2v) is 8.13. The molecule has 3 fully saturated rings. The normalized spacial score (nSPS) is 27.9. The van der Waals surface area contributed by atoms with Crippen LogP contribution in [0.15, 0.2) is 18.3 Å². The molecule has 2 aromatic heterocycles. The molecule has 3 aliphatic rings. The predicted octanol–water partition coefficient (Wildman–Crippen LogP) is 1.64. The van der Waals surface area contributed by atoms with Crippen molar-refractivity contribution in [3.8, 4) is 0 Å². The number of nitrogens with one attached hydrogen (secondary N) is 2. The van der Waals surface area contributed by atoms with E-state index in [-0.39, 0.29) is 29.9 Å². The third-order valence-electron chi connectivity index (χ3n) is 6.42. The average molecular weight is 383 g/mol. The van der Waals surface area contributed by atoms with Crippen molar-refractivity contribution in [3.63, 3.8) is 0 Å². The maximum absolute atomic E-state index is 13.2. The highest BCUT2D eigenvalue weighted by molar-refractivity contribution is 5.94.